The molecule has 1 N–H and O–H groups in total. The minimum atomic E-state index is -0.212. The summed E-state index contributed by atoms with van der Waals surface area (Å²) in [5.74, 6) is 5.32. The third-order valence-electron chi connectivity index (χ3n) is 3.18. The number of aliphatic hydroxyl groups is 1. The van der Waals surface area contributed by atoms with Crippen LogP contribution in [-0.2, 0) is 0 Å². The van der Waals surface area contributed by atoms with Gasteiger partial charge >= 0.3 is 0 Å². The van der Waals surface area contributed by atoms with Crippen molar-refractivity contribution in [3.05, 3.63) is 51.2 Å². The minimum absolute atomic E-state index is 0.0841. The molecule has 1 aromatic carbocycles. The lowest BCUT2D eigenvalue weighted by molar-refractivity contribution is 0.0996. The molecule has 108 valence electrons. The number of benzene rings is 1. The Hall–Kier alpha value is -2.09. The number of aliphatic hydroxyl groups excluding tert-OH is 1. The highest BCUT2D eigenvalue weighted by molar-refractivity contribution is 7.12. The molecular weight excluding hydrogens is 282 g/mol. The zero-order chi connectivity index (χ0) is 15.4. The summed E-state index contributed by atoms with van der Waals surface area (Å²) >= 11 is 1.36. The molecule has 1 heterocycles. The van der Waals surface area contributed by atoms with Gasteiger partial charge in [-0.15, -0.1) is 11.3 Å². The van der Waals surface area contributed by atoms with Gasteiger partial charge in [0.15, 0.2) is 0 Å². The summed E-state index contributed by atoms with van der Waals surface area (Å²) in [5.41, 5.74) is 3.78. The van der Waals surface area contributed by atoms with E-state index in [0.29, 0.717) is 10.4 Å². The average molecular weight is 299 g/mol. The highest BCUT2D eigenvalue weighted by atomic mass is 32.1. The van der Waals surface area contributed by atoms with Gasteiger partial charge in [-0.2, -0.15) is 0 Å². The predicted molar refractivity (Wildman–Crippen MR) is 86.9 cm³/mol. The highest BCUT2D eigenvalue weighted by Crippen LogP contribution is 2.24. The third-order valence-corrected chi connectivity index (χ3v) is 4.08. The SMILES string of the molecule is Cc1ccc(N(C)C(=O)c2sccc2C#CCO)c(C)c1. The van der Waals surface area contributed by atoms with Crippen LogP contribution in [0.15, 0.2) is 29.6 Å². The Balaban J connectivity index is 2.33. The minimum Gasteiger partial charge on any atom is -0.384 e. The van der Waals surface area contributed by atoms with Crippen LogP contribution in [0.5, 0.6) is 0 Å². The second-order valence-electron chi connectivity index (χ2n) is 4.78. The van der Waals surface area contributed by atoms with Crippen LogP contribution in [-0.4, -0.2) is 24.7 Å². The van der Waals surface area contributed by atoms with Gasteiger partial charge < -0.3 is 10.0 Å². The number of rotatable bonds is 2. The van der Waals surface area contributed by atoms with Crippen molar-refractivity contribution in [3.63, 3.8) is 0 Å². The molecule has 0 aliphatic heterocycles. The van der Waals surface area contributed by atoms with E-state index < -0.39 is 0 Å². The Kier molecular flexibility index (Phi) is 4.79. The van der Waals surface area contributed by atoms with Gasteiger partial charge in [0, 0.05) is 18.3 Å². The Morgan fingerprint density at radius 2 is 2.10 bits per heavy atom. The van der Waals surface area contributed by atoms with Crippen molar-refractivity contribution >= 4 is 22.9 Å². The molecule has 0 aliphatic rings. The van der Waals surface area contributed by atoms with Crippen molar-refractivity contribution in [1.82, 2.24) is 0 Å². The van der Waals surface area contributed by atoms with Crippen molar-refractivity contribution in [2.45, 2.75) is 13.8 Å². The van der Waals surface area contributed by atoms with Crippen molar-refractivity contribution < 1.29 is 9.90 Å². The predicted octanol–water partition coefficient (Wildman–Crippen LogP) is 2.99. The van der Waals surface area contributed by atoms with Gasteiger partial charge in [-0.05, 0) is 36.9 Å². The molecule has 0 spiro atoms. The Labute approximate surface area is 128 Å². The quantitative estimate of drug-likeness (QED) is 0.866. The number of anilines is 1. The molecule has 0 fully saturated rings. The number of carbonyl (C=O) groups is 1. The third kappa shape index (κ3) is 3.33. The number of thiophene rings is 1. The van der Waals surface area contributed by atoms with Gasteiger partial charge in [0.05, 0.1) is 0 Å². The molecule has 3 nitrogen and oxygen atoms in total. The van der Waals surface area contributed by atoms with Crippen molar-refractivity contribution in [3.8, 4) is 11.8 Å². The van der Waals surface area contributed by atoms with Crippen LogP contribution in [0.4, 0.5) is 5.69 Å². The molecule has 0 saturated heterocycles. The maximum atomic E-state index is 12.6. The summed E-state index contributed by atoms with van der Waals surface area (Å²) in [7, 11) is 1.77. The second kappa shape index (κ2) is 6.57. The van der Waals surface area contributed by atoms with Gasteiger partial charge in [-0.1, -0.05) is 29.5 Å². The first kappa shape index (κ1) is 15.3. The number of aryl methyl sites for hydroxylation is 2. The molecule has 2 aromatic rings. The van der Waals surface area contributed by atoms with E-state index in [1.54, 1.807) is 18.0 Å². The molecule has 4 heteroatoms. The second-order valence-corrected chi connectivity index (χ2v) is 5.69. The van der Waals surface area contributed by atoms with Gasteiger partial charge in [0.1, 0.15) is 11.5 Å². The van der Waals surface area contributed by atoms with Gasteiger partial charge in [0.2, 0.25) is 0 Å². The maximum absolute atomic E-state index is 12.6. The van der Waals surface area contributed by atoms with E-state index in [-0.39, 0.29) is 12.5 Å². The summed E-state index contributed by atoms with van der Waals surface area (Å²) in [6.45, 7) is 3.81. The van der Waals surface area contributed by atoms with E-state index in [2.05, 4.69) is 17.9 Å². The van der Waals surface area contributed by atoms with E-state index in [9.17, 15) is 4.79 Å². The molecule has 1 amide bonds. The maximum Gasteiger partial charge on any atom is 0.269 e. The molecule has 0 unspecified atom stereocenters. The fraction of sp³-hybridized carbons (Fsp3) is 0.235. The number of hydrogen-bond donors (Lipinski definition) is 1. The summed E-state index contributed by atoms with van der Waals surface area (Å²) in [4.78, 5) is 14.9. The van der Waals surface area contributed by atoms with Crippen LogP contribution in [0.3, 0.4) is 0 Å². The van der Waals surface area contributed by atoms with E-state index in [4.69, 9.17) is 5.11 Å². The number of carbonyl (C=O) groups excluding carboxylic acids is 1. The van der Waals surface area contributed by atoms with Crippen molar-refractivity contribution in [1.29, 1.82) is 0 Å². The topological polar surface area (TPSA) is 40.5 Å². The molecule has 0 radical (unpaired) electrons. The zero-order valence-electron chi connectivity index (χ0n) is 12.3. The van der Waals surface area contributed by atoms with E-state index in [0.717, 1.165) is 11.3 Å². The molecule has 0 aliphatic carbocycles. The van der Waals surface area contributed by atoms with E-state index in [1.165, 1.54) is 16.9 Å². The van der Waals surface area contributed by atoms with Gasteiger partial charge in [-0.25, -0.2) is 0 Å². The molecule has 0 atom stereocenters. The molecule has 21 heavy (non-hydrogen) atoms. The van der Waals surface area contributed by atoms with Gasteiger partial charge in [-0.3, -0.25) is 4.79 Å². The zero-order valence-corrected chi connectivity index (χ0v) is 13.1. The van der Waals surface area contributed by atoms with Crippen molar-refractivity contribution in [2.24, 2.45) is 0 Å². The van der Waals surface area contributed by atoms with Crippen LogP contribution in [0, 0.1) is 25.7 Å². The molecule has 1 aromatic heterocycles. The van der Waals surface area contributed by atoms with Crippen LogP contribution >= 0.6 is 11.3 Å². The standard InChI is InChI=1S/C17H17NO2S/c1-12-6-7-15(13(2)11-12)18(3)17(20)16-14(5-4-9-19)8-10-21-16/h6-8,10-11,19H,9H2,1-3H3. The molecule has 0 saturated carbocycles. The van der Waals surface area contributed by atoms with Crippen LogP contribution in [0.25, 0.3) is 0 Å². The lowest BCUT2D eigenvalue weighted by Crippen LogP contribution is -2.26. The van der Waals surface area contributed by atoms with Gasteiger partial charge in [0.25, 0.3) is 5.91 Å². The first-order valence-corrected chi connectivity index (χ1v) is 7.45. The van der Waals surface area contributed by atoms with E-state index >= 15 is 0 Å². The normalized spacial score (nSPS) is 9.90. The fourth-order valence-electron chi connectivity index (χ4n) is 2.15. The number of amides is 1. The van der Waals surface area contributed by atoms with Crippen LogP contribution < -0.4 is 4.90 Å². The first-order chi connectivity index (χ1) is 10.0. The van der Waals surface area contributed by atoms with Crippen LogP contribution in [0.2, 0.25) is 0 Å². The summed E-state index contributed by atoms with van der Waals surface area (Å²) in [6, 6.07) is 7.80. The monoisotopic (exact) mass is 299 g/mol. The molecule has 2 rings (SSSR count). The lowest BCUT2D eigenvalue weighted by atomic mass is 10.1. The largest absolute Gasteiger partial charge is 0.384 e. The molecular formula is C17H17NO2S. The highest BCUT2D eigenvalue weighted by Gasteiger charge is 2.19. The summed E-state index contributed by atoms with van der Waals surface area (Å²) < 4.78 is 0. The smallest absolute Gasteiger partial charge is 0.269 e. The average Bonchev–Trinajstić information content (AvgIpc) is 2.92. The Morgan fingerprint density at radius 3 is 2.76 bits per heavy atom. The lowest BCUT2D eigenvalue weighted by Gasteiger charge is -2.19. The van der Waals surface area contributed by atoms with Crippen molar-refractivity contribution in [2.75, 3.05) is 18.6 Å². The van der Waals surface area contributed by atoms with Crippen LogP contribution in [0.1, 0.15) is 26.4 Å². The summed E-state index contributed by atoms with van der Waals surface area (Å²) in [5, 5.41) is 10.6. The number of hydrogen-bond acceptors (Lipinski definition) is 3. The number of nitrogens with zero attached hydrogens (tertiary/aromatic N) is 1. The molecule has 0 bridgehead atoms. The summed E-state index contributed by atoms with van der Waals surface area (Å²) in [6.07, 6.45) is 0. The van der Waals surface area contributed by atoms with E-state index in [1.807, 2.05) is 31.4 Å². The fourth-order valence-corrected chi connectivity index (χ4v) is 2.98. The Morgan fingerprint density at radius 1 is 1.33 bits per heavy atom. The Bertz CT molecular complexity index is 722. The first-order valence-electron chi connectivity index (χ1n) is 6.57.